The fraction of sp³-hybridized carbons (Fsp3) is 0.238. The number of likely N-dealkylation sites (tertiary alicyclic amines) is 1. The van der Waals surface area contributed by atoms with Crippen LogP contribution >= 0.6 is 23.2 Å². The molecule has 0 aliphatic carbocycles. The number of nitriles is 1. The molecule has 0 spiro atoms. The molecule has 2 heterocycles. The fourth-order valence-corrected chi connectivity index (χ4v) is 3.83. The van der Waals surface area contributed by atoms with Gasteiger partial charge in [0.05, 0.1) is 24.0 Å². The van der Waals surface area contributed by atoms with E-state index in [9.17, 15) is 10.1 Å². The molecule has 2 aromatic rings. The van der Waals surface area contributed by atoms with E-state index in [2.05, 4.69) is 10.3 Å². The summed E-state index contributed by atoms with van der Waals surface area (Å²) in [6.07, 6.45) is 3.27. The molecule has 1 N–H and O–H groups in total. The van der Waals surface area contributed by atoms with E-state index in [0.717, 1.165) is 17.7 Å². The number of nitrogens with one attached hydrogen (secondary N) is 1. The van der Waals surface area contributed by atoms with Gasteiger partial charge in [-0.25, -0.2) is 10.0 Å². The van der Waals surface area contributed by atoms with Crippen LogP contribution in [0.25, 0.3) is 0 Å². The summed E-state index contributed by atoms with van der Waals surface area (Å²) in [5.41, 5.74) is 2.24. The lowest BCUT2D eigenvalue weighted by Crippen LogP contribution is -2.45. The lowest BCUT2D eigenvalue weighted by Gasteiger charge is -2.25. The Kier molecular flexibility index (Phi) is 5.88. The van der Waals surface area contributed by atoms with Crippen molar-refractivity contribution in [2.24, 2.45) is 10.1 Å². The predicted molar refractivity (Wildman–Crippen MR) is 117 cm³/mol. The van der Waals surface area contributed by atoms with Crippen molar-refractivity contribution in [3.63, 3.8) is 0 Å². The first-order valence-electron chi connectivity index (χ1n) is 9.46. The molecule has 2 aliphatic rings. The smallest absolute Gasteiger partial charge is 0.233 e. The number of aliphatic imine (C=N–C) groups is 1. The highest BCUT2D eigenvalue weighted by molar-refractivity contribution is 6.31. The van der Waals surface area contributed by atoms with Crippen molar-refractivity contribution in [2.75, 3.05) is 13.1 Å². The van der Waals surface area contributed by atoms with Gasteiger partial charge < -0.3 is 4.90 Å². The van der Waals surface area contributed by atoms with Crippen LogP contribution in [-0.2, 0) is 4.79 Å². The number of halogens is 2. The molecule has 0 aromatic heterocycles. The Bertz CT molecular complexity index is 1040. The Hall–Kier alpha value is -3.08. The molecule has 152 valence electrons. The lowest BCUT2D eigenvalue weighted by atomic mass is 10.0. The maximum absolute atomic E-state index is 12.4. The standard InChI is InChI=1S/C21H18Cl2N6O/c22-15-5-3-14(4-6-15)20-18(28-11-1-2-19(28)30)12-29(27-20)21(25-13-24)26-17-9-7-16(23)8-10-17/h3-10,18H,1-2,11-12H2,(H,25,26). The molecule has 0 bridgehead atoms. The molecule has 0 radical (unpaired) electrons. The molecule has 0 saturated carbocycles. The first-order chi connectivity index (χ1) is 14.5. The van der Waals surface area contributed by atoms with Gasteiger partial charge in [0.15, 0.2) is 6.19 Å². The molecule has 2 aromatic carbocycles. The van der Waals surface area contributed by atoms with Gasteiger partial charge in [-0.05, 0) is 42.8 Å². The molecule has 1 unspecified atom stereocenters. The Morgan fingerprint density at radius 1 is 1.13 bits per heavy atom. The zero-order valence-electron chi connectivity index (χ0n) is 15.9. The number of rotatable bonds is 3. The number of carbonyl (C=O) groups is 1. The summed E-state index contributed by atoms with van der Waals surface area (Å²) in [7, 11) is 0. The zero-order chi connectivity index (χ0) is 21.1. The first kappa shape index (κ1) is 20.2. The molecule has 2 aliphatic heterocycles. The largest absolute Gasteiger partial charge is 0.332 e. The molecule has 30 heavy (non-hydrogen) atoms. The van der Waals surface area contributed by atoms with E-state index >= 15 is 0 Å². The zero-order valence-corrected chi connectivity index (χ0v) is 17.4. The van der Waals surface area contributed by atoms with Crippen LogP contribution in [0.2, 0.25) is 10.0 Å². The molecular weight excluding hydrogens is 423 g/mol. The van der Waals surface area contributed by atoms with Crippen LogP contribution in [0.4, 0.5) is 5.69 Å². The Labute approximate surface area is 184 Å². The number of hydrogen-bond acceptors (Lipinski definition) is 4. The number of nitrogens with zero attached hydrogens (tertiary/aromatic N) is 5. The Morgan fingerprint density at radius 2 is 1.80 bits per heavy atom. The molecule has 1 atom stereocenters. The highest BCUT2D eigenvalue weighted by atomic mass is 35.5. The van der Waals surface area contributed by atoms with Crippen molar-refractivity contribution >= 4 is 46.5 Å². The van der Waals surface area contributed by atoms with Crippen molar-refractivity contribution in [1.82, 2.24) is 15.2 Å². The molecular formula is C21H18Cl2N6O. The predicted octanol–water partition coefficient (Wildman–Crippen LogP) is 3.76. The monoisotopic (exact) mass is 440 g/mol. The third kappa shape index (κ3) is 4.25. The quantitative estimate of drug-likeness (QED) is 0.340. The number of guanidine groups is 1. The molecule has 4 rings (SSSR count). The van der Waals surface area contributed by atoms with Gasteiger partial charge in [0.2, 0.25) is 11.9 Å². The van der Waals surface area contributed by atoms with Gasteiger partial charge >= 0.3 is 0 Å². The summed E-state index contributed by atoms with van der Waals surface area (Å²) in [6.45, 7) is 1.07. The number of carbonyl (C=O) groups excluding carboxylic acids is 1. The van der Waals surface area contributed by atoms with E-state index < -0.39 is 0 Å². The van der Waals surface area contributed by atoms with E-state index in [1.807, 2.05) is 23.2 Å². The van der Waals surface area contributed by atoms with Crippen LogP contribution in [0.1, 0.15) is 18.4 Å². The topological polar surface area (TPSA) is 84.1 Å². The third-order valence-electron chi connectivity index (χ3n) is 4.99. The summed E-state index contributed by atoms with van der Waals surface area (Å²) in [5.74, 6) is 0.383. The summed E-state index contributed by atoms with van der Waals surface area (Å²) in [5, 5.41) is 19.4. The van der Waals surface area contributed by atoms with Crippen molar-refractivity contribution < 1.29 is 4.79 Å². The average molecular weight is 441 g/mol. The molecule has 7 nitrogen and oxygen atoms in total. The van der Waals surface area contributed by atoms with Crippen molar-refractivity contribution in [1.29, 1.82) is 5.26 Å². The van der Waals surface area contributed by atoms with Gasteiger partial charge in [-0.3, -0.25) is 10.1 Å². The van der Waals surface area contributed by atoms with E-state index in [0.29, 0.717) is 35.2 Å². The molecule has 1 fully saturated rings. The second-order valence-corrected chi connectivity index (χ2v) is 7.80. The van der Waals surface area contributed by atoms with Crippen molar-refractivity contribution in [2.45, 2.75) is 18.9 Å². The minimum atomic E-state index is -0.239. The van der Waals surface area contributed by atoms with Crippen LogP contribution in [0.5, 0.6) is 0 Å². The van der Waals surface area contributed by atoms with E-state index in [1.54, 1.807) is 41.4 Å². The summed E-state index contributed by atoms with van der Waals surface area (Å²) < 4.78 is 0. The van der Waals surface area contributed by atoms with Gasteiger partial charge in [0.1, 0.15) is 0 Å². The fourth-order valence-electron chi connectivity index (χ4n) is 3.58. The van der Waals surface area contributed by atoms with E-state index in [-0.39, 0.29) is 17.9 Å². The Morgan fingerprint density at radius 3 is 2.40 bits per heavy atom. The number of hydrogen-bond donors (Lipinski definition) is 1. The summed E-state index contributed by atoms with van der Waals surface area (Å²) >= 11 is 12.0. The highest BCUT2D eigenvalue weighted by Gasteiger charge is 2.38. The molecule has 9 heteroatoms. The van der Waals surface area contributed by atoms with Crippen LogP contribution in [0.3, 0.4) is 0 Å². The number of amides is 1. The minimum absolute atomic E-state index is 0.105. The first-order valence-corrected chi connectivity index (χ1v) is 10.2. The lowest BCUT2D eigenvalue weighted by molar-refractivity contribution is -0.128. The average Bonchev–Trinajstić information content (AvgIpc) is 3.36. The minimum Gasteiger partial charge on any atom is -0.332 e. The van der Waals surface area contributed by atoms with Crippen molar-refractivity contribution in [3.8, 4) is 6.19 Å². The normalized spacial score (nSPS) is 19.1. The van der Waals surface area contributed by atoms with Crippen LogP contribution in [0, 0.1) is 11.5 Å². The second-order valence-electron chi connectivity index (χ2n) is 6.93. The van der Waals surface area contributed by atoms with E-state index in [4.69, 9.17) is 28.3 Å². The molecule has 1 saturated heterocycles. The van der Waals surface area contributed by atoms with Crippen LogP contribution in [0.15, 0.2) is 58.6 Å². The summed E-state index contributed by atoms with van der Waals surface area (Å²) in [6, 6.07) is 14.1. The van der Waals surface area contributed by atoms with Crippen LogP contribution in [-0.4, -0.2) is 46.6 Å². The highest BCUT2D eigenvalue weighted by Crippen LogP contribution is 2.25. The number of benzene rings is 2. The molecule has 1 amide bonds. The van der Waals surface area contributed by atoms with Gasteiger partial charge in [-0.1, -0.05) is 35.3 Å². The Balaban J connectivity index is 1.71. The van der Waals surface area contributed by atoms with Gasteiger partial charge in [0, 0.05) is 28.6 Å². The maximum atomic E-state index is 12.4. The van der Waals surface area contributed by atoms with Gasteiger partial charge in [-0.15, -0.1) is 0 Å². The van der Waals surface area contributed by atoms with Crippen LogP contribution < -0.4 is 5.32 Å². The van der Waals surface area contributed by atoms with Crippen molar-refractivity contribution in [3.05, 3.63) is 64.1 Å². The van der Waals surface area contributed by atoms with Gasteiger partial charge in [-0.2, -0.15) is 10.4 Å². The number of hydrazone groups is 1. The summed E-state index contributed by atoms with van der Waals surface area (Å²) in [4.78, 5) is 18.8. The SMILES string of the molecule is N#CNC(=Nc1ccc(Cl)cc1)N1CC(N2CCCC2=O)C(c2ccc(Cl)cc2)=N1. The third-order valence-corrected chi connectivity index (χ3v) is 5.49. The maximum Gasteiger partial charge on any atom is 0.233 e. The second kappa shape index (κ2) is 8.74. The van der Waals surface area contributed by atoms with E-state index in [1.165, 1.54) is 0 Å². The van der Waals surface area contributed by atoms with Gasteiger partial charge in [0.25, 0.3) is 0 Å².